The molecule has 0 aliphatic heterocycles. The van der Waals surface area contributed by atoms with E-state index in [0.29, 0.717) is 29.9 Å². The molecule has 19 heavy (non-hydrogen) atoms. The van der Waals surface area contributed by atoms with E-state index in [1.807, 2.05) is 6.92 Å². The molecule has 0 fully saturated rings. The van der Waals surface area contributed by atoms with Gasteiger partial charge in [0.15, 0.2) is 0 Å². The molecule has 0 radical (unpaired) electrons. The number of nitrogens with two attached hydrogens (primary N) is 2. The lowest BCUT2D eigenvalue weighted by Crippen LogP contribution is -2.21. The third kappa shape index (κ3) is 4.38. The maximum Gasteiger partial charge on any atom is 0.238 e. The summed E-state index contributed by atoms with van der Waals surface area (Å²) in [6.45, 7) is 3.96. The Hall–Kier alpha value is -1.31. The van der Waals surface area contributed by atoms with Gasteiger partial charge >= 0.3 is 0 Å². The van der Waals surface area contributed by atoms with Crippen LogP contribution in [0.3, 0.4) is 0 Å². The van der Waals surface area contributed by atoms with Crippen LogP contribution >= 0.6 is 0 Å². The third-order valence-corrected chi connectivity index (χ3v) is 3.88. The molecule has 0 aliphatic carbocycles. The first kappa shape index (κ1) is 15.7. The maximum atomic E-state index is 11.4. The third-order valence-electron chi connectivity index (χ3n) is 2.84. The van der Waals surface area contributed by atoms with Gasteiger partial charge in [0, 0.05) is 17.9 Å². The molecule has 108 valence electrons. The summed E-state index contributed by atoms with van der Waals surface area (Å²) >= 11 is 0. The topological polar surface area (TPSA) is 118 Å². The van der Waals surface area contributed by atoms with Crippen LogP contribution in [0.15, 0.2) is 17.0 Å². The van der Waals surface area contributed by atoms with Crippen molar-refractivity contribution in [3.63, 3.8) is 0 Å². The Kier molecular flexibility index (Phi) is 5.16. The molecule has 6 nitrogen and oxygen atoms in total. The number of primary sulfonamides is 1. The summed E-state index contributed by atoms with van der Waals surface area (Å²) in [7, 11) is -3.81. The van der Waals surface area contributed by atoms with Crippen molar-refractivity contribution < 1.29 is 13.5 Å². The van der Waals surface area contributed by atoms with Crippen LogP contribution in [0.4, 0.5) is 11.4 Å². The number of anilines is 2. The minimum atomic E-state index is -3.81. The molecular formula is C12H21N3O3S. The summed E-state index contributed by atoms with van der Waals surface area (Å²) in [6.07, 6.45) is 1.07. The number of hydrogen-bond donors (Lipinski definition) is 4. The molecule has 6 N–H and O–H groups in total. The van der Waals surface area contributed by atoms with Crippen LogP contribution in [0, 0.1) is 6.92 Å². The summed E-state index contributed by atoms with van der Waals surface area (Å²) in [5.74, 6) is 0. The summed E-state index contributed by atoms with van der Waals surface area (Å²) in [5, 5.41) is 17.8. The zero-order valence-corrected chi connectivity index (χ0v) is 12.0. The molecule has 0 saturated carbocycles. The minimum Gasteiger partial charge on any atom is -0.399 e. The first-order valence-electron chi connectivity index (χ1n) is 6.10. The fraction of sp³-hybridized carbons (Fsp3) is 0.500. The molecule has 1 rings (SSSR count). The largest absolute Gasteiger partial charge is 0.399 e. The molecule has 0 heterocycles. The van der Waals surface area contributed by atoms with Crippen molar-refractivity contribution in [3.05, 3.63) is 17.7 Å². The van der Waals surface area contributed by atoms with E-state index in [2.05, 4.69) is 5.32 Å². The van der Waals surface area contributed by atoms with Crippen molar-refractivity contribution in [2.75, 3.05) is 17.6 Å². The highest BCUT2D eigenvalue weighted by molar-refractivity contribution is 7.89. The van der Waals surface area contributed by atoms with E-state index in [1.54, 1.807) is 13.0 Å². The molecule has 0 saturated heterocycles. The Morgan fingerprint density at radius 2 is 2.05 bits per heavy atom. The van der Waals surface area contributed by atoms with E-state index < -0.39 is 16.1 Å². The number of benzene rings is 1. The Bertz CT molecular complexity index is 543. The van der Waals surface area contributed by atoms with Crippen molar-refractivity contribution >= 4 is 21.4 Å². The van der Waals surface area contributed by atoms with E-state index >= 15 is 0 Å². The number of sulfonamides is 1. The Morgan fingerprint density at radius 3 is 2.58 bits per heavy atom. The van der Waals surface area contributed by atoms with Crippen molar-refractivity contribution in [1.29, 1.82) is 0 Å². The van der Waals surface area contributed by atoms with Gasteiger partial charge in [0.1, 0.15) is 0 Å². The van der Waals surface area contributed by atoms with Crippen LogP contribution < -0.4 is 16.2 Å². The molecule has 1 unspecified atom stereocenters. The SMILES string of the molecule is CCCC(O)CNc1cc(N)cc(S(N)(=O)=O)c1C. The first-order chi connectivity index (χ1) is 8.75. The summed E-state index contributed by atoms with van der Waals surface area (Å²) in [4.78, 5) is -0.0000173. The fourth-order valence-corrected chi connectivity index (χ4v) is 2.69. The molecule has 0 spiro atoms. The van der Waals surface area contributed by atoms with E-state index in [1.165, 1.54) is 6.07 Å². The monoisotopic (exact) mass is 287 g/mol. The van der Waals surface area contributed by atoms with Gasteiger partial charge < -0.3 is 16.2 Å². The highest BCUT2D eigenvalue weighted by atomic mass is 32.2. The van der Waals surface area contributed by atoms with Crippen LogP contribution in [0.25, 0.3) is 0 Å². The second kappa shape index (κ2) is 6.23. The fourth-order valence-electron chi connectivity index (χ4n) is 1.85. The lowest BCUT2D eigenvalue weighted by molar-refractivity contribution is 0.176. The van der Waals surface area contributed by atoms with Gasteiger partial charge in [-0.15, -0.1) is 0 Å². The van der Waals surface area contributed by atoms with E-state index in [9.17, 15) is 13.5 Å². The van der Waals surface area contributed by atoms with Gasteiger partial charge in [-0.25, -0.2) is 13.6 Å². The number of rotatable bonds is 6. The standard InChI is InChI=1S/C12H21N3O3S/c1-3-4-10(16)7-15-11-5-9(13)6-12(8(11)2)19(14,17)18/h5-6,10,15-16H,3-4,7,13H2,1-2H3,(H2,14,17,18). The minimum absolute atomic E-state index is 0.0000173. The lowest BCUT2D eigenvalue weighted by Gasteiger charge is -2.16. The normalized spacial score (nSPS) is 13.3. The number of hydrogen-bond acceptors (Lipinski definition) is 5. The summed E-state index contributed by atoms with van der Waals surface area (Å²) in [6, 6.07) is 2.96. The highest BCUT2D eigenvalue weighted by Gasteiger charge is 2.15. The molecule has 1 aromatic rings. The zero-order chi connectivity index (χ0) is 14.6. The number of nitrogens with one attached hydrogen (secondary N) is 1. The quantitative estimate of drug-likeness (QED) is 0.577. The van der Waals surface area contributed by atoms with Gasteiger partial charge in [-0.05, 0) is 31.0 Å². The molecule has 0 aromatic heterocycles. The average molecular weight is 287 g/mol. The summed E-state index contributed by atoms with van der Waals surface area (Å²) in [5.41, 5.74) is 7.04. The highest BCUT2D eigenvalue weighted by Crippen LogP contribution is 2.26. The van der Waals surface area contributed by atoms with Gasteiger partial charge in [0.05, 0.1) is 11.0 Å². The Morgan fingerprint density at radius 1 is 1.42 bits per heavy atom. The van der Waals surface area contributed by atoms with Crippen LogP contribution in [0.5, 0.6) is 0 Å². The predicted octanol–water partition coefficient (Wildman–Crippen LogP) is 0.798. The lowest BCUT2D eigenvalue weighted by atomic mass is 10.1. The van der Waals surface area contributed by atoms with Crippen LogP contribution in [-0.2, 0) is 10.0 Å². The molecule has 7 heteroatoms. The Labute approximate surface area is 113 Å². The van der Waals surface area contributed by atoms with E-state index in [4.69, 9.17) is 10.9 Å². The average Bonchev–Trinajstić information content (AvgIpc) is 2.28. The zero-order valence-electron chi connectivity index (χ0n) is 11.2. The van der Waals surface area contributed by atoms with Gasteiger partial charge in [-0.2, -0.15) is 0 Å². The maximum absolute atomic E-state index is 11.4. The van der Waals surface area contributed by atoms with Gasteiger partial charge in [0.25, 0.3) is 0 Å². The number of nitrogen functional groups attached to an aromatic ring is 1. The van der Waals surface area contributed by atoms with Crippen molar-refractivity contribution in [1.82, 2.24) is 0 Å². The molecule has 1 aromatic carbocycles. The van der Waals surface area contributed by atoms with Crippen LogP contribution in [-0.4, -0.2) is 26.2 Å². The van der Waals surface area contributed by atoms with Crippen molar-refractivity contribution in [2.24, 2.45) is 5.14 Å². The molecular weight excluding hydrogens is 266 g/mol. The smallest absolute Gasteiger partial charge is 0.238 e. The van der Waals surface area contributed by atoms with Crippen LogP contribution in [0.1, 0.15) is 25.3 Å². The molecule has 0 amide bonds. The molecule has 0 bridgehead atoms. The molecule has 1 atom stereocenters. The second-order valence-electron chi connectivity index (χ2n) is 4.56. The van der Waals surface area contributed by atoms with E-state index in [-0.39, 0.29) is 4.90 Å². The van der Waals surface area contributed by atoms with E-state index in [0.717, 1.165) is 6.42 Å². The number of aliphatic hydroxyl groups is 1. The predicted molar refractivity (Wildman–Crippen MR) is 76.4 cm³/mol. The first-order valence-corrected chi connectivity index (χ1v) is 7.65. The van der Waals surface area contributed by atoms with Gasteiger partial charge in [0.2, 0.25) is 10.0 Å². The molecule has 0 aliphatic rings. The van der Waals surface area contributed by atoms with Gasteiger partial charge in [-0.3, -0.25) is 0 Å². The van der Waals surface area contributed by atoms with Crippen LogP contribution in [0.2, 0.25) is 0 Å². The Balaban J connectivity index is 2.99. The second-order valence-corrected chi connectivity index (χ2v) is 6.09. The number of aliphatic hydroxyl groups excluding tert-OH is 1. The van der Waals surface area contributed by atoms with Gasteiger partial charge in [-0.1, -0.05) is 13.3 Å². The van der Waals surface area contributed by atoms with Crippen molar-refractivity contribution in [2.45, 2.75) is 37.7 Å². The summed E-state index contributed by atoms with van der Waals surface area (Å²) < 4.78 is 22.9. The van der Waals surface area contributed by atoms with Crippen molar-refractivity contribution in [3.8, 4) is 0 Å².